The molecule has 16 heavy (non-hydrogen) atoms. The molecule has 0 aliphatic heterocycles. The molecule has 0 fully saturated rings. The van der Waals surface area contributed by atoms with Crippen molar-refractivity contribution in [2.24, 2.45) is 5.73 Å². The normalized spacial score (nSPS) is 12.9. The van der Waals surface area contributed by atoms with Gasteiger partial charge in [-0.05, 0) is 28.8 Å². The second-order valence-corrected chi connectivity index (χ2v) is 4.86. The standard InChI is InChI=1S/C10H17BrN4O/c1-5(2)8-7(11)9(15-14-8)10(16)13-6(3)4-12/h5-6H,4,12H2,1-3H3,(H,13,16)(H,14,15)/t6-/m0/s1. The largest absolute Gasteiger partial charge is 0.347 e. The summed E-state index contributed by atoms with van der Waals surface area (Å²) >= 11 is 3.38. The molecular formula is C10H17BrN4O. The van der Waals surface area contributed by atoms with Crippen LogP contribution in [0.1, 0.15) is 42.9 Å². The lowest BCUT2D eigenvalue weighted by molar-refractivity contribution is 0.0935. The van der Waals surface area contributed by atoms with Gasteiger partial charge in [-0.1, -0.05) is 13.8 Å². The number of aromatic nitrogens is 2. The van der Waals surface area contributed by atoms with Gasteiger partial charge in [0, 0.05) is 12.6 Å². The van der Waals surface area contributed by atoms with Crippen LogP contribution in [0, 0.1) is 0 Å². The lowest BCUT2D eigenvalue weighted by atomic mass is 10.1. The van der Waals surface area contributed by atoms with Crippen molar-refractivity contribution in [3.05, 3.63) is 15.9 Å². The number of hydrogen-bond donors (Lipinski definition) is 3. The minimum Gasteiger partial charge on any atom is -0.347 e. The highest BCUT2D eigenvalue weighted by molar-refractivity contribution is 9.10. The number of carbonyl (C=O) groups excluding carboxylic acids is 1. The molecular weight excluding hydrogens is 272 g/mol. The first-order chi connectivity index (χ1) is 7.47. The summed E-state index contributed by atoms with van der Waals surface area (Å²) in [5.41, 5.74) is 6.74. The molecule has 0 spiro atoms. The Morgan fingerprint density at radius 2 is 2.19 bits per heavy atom. The summed E-state index contributed by atoms with van der Waals surface area (Å²) in [6.45, 7) is 6.32. The molecule has 1 amide bonds. The Morgan fingerprint density at radius 3 is 2.62 bits per heavy atom. The smallest absolute Gasteiger partial charge is 0.273 e. The van der Waals surface area contributed by atoms with Crippen LogP contribution >= 0.6 is 15.9 Å². The number of H-pyrrole nitrogens is 1. The Bertz CT molecular complexity index is 375. The summed E-state index contributed by atoms with van der Waals surface area (Å²) in [7, 11) is 0. The Morgan fingerprint density at radius 1 is 1.56 bits per heavy atom. The second-order valence-electron chi connectivity index (χ2n) is 4.06. The first kappa shape index (κ1) is 13.2. The predicted molar refractivity (Wildman–Crippen MR) is 66.4 cm³/mol. The molecule has 0 saturated heterocycles. The van der Waals surface area contributed by atoms with Crippen LogP contribution < -0.4 is 11.1 Å². The van der Waals surface area contributed by atoms with Gasteiger partial charge in [-0.2, -0.15) is 5.10 Å². The lowest BCUT2D eigenvalue weighted by Crippen LogP contribution is -2.38. The van der Waals surface area contributed by atoms with Crippen molar-refractivity contribution in [1.29, 1.82) is 0 Å². The summed E-state index contributed by atoms with van der Waals surface area (Å²) in [4.78, 5) is 11.8. The summed E-state index contributed by atoms with van der Waals surface area (Å²) in [5.74, 6) is 0.0725. The molecule has 90 valence electrons. The van der Waals surface area contributed by atoms with Gasteiger partial charge in [0.25, 0.3) is 5.91 Å². The highest BCUT2D eigenvalue weighted by Crippen LogP contribution is 2.25. The Kier molecular flexibility index (Phi) is 4.49. The number of nitrogens with one attached hydrogen (secondary N) is 2. The predicted octanol–water partition coefficient (Wildman–Crippen LogP) is 1.37. The fraction of sp³-hybridized carbons (Fsp3) is 0.600. The quantitative estimate of drug-likeness (QED) is 0.782. The molecule has 4 N–H and O–H groups in total. The zero-order valence-corrected chi connectivity index (χ0v) is 11.3. The van der Waals surface area contributed by atoms with E-state index in [0.717, 1.165) is 10.2 Å². The number of carbonyl (C=O) groups is 1. The summed E-state index contributed by atoms with van der Waals surface area (Å²) in [5, 5.41) is 9.62. The van der Waals surface area contributed by atoms with Crippen LogP contribution in [0.2, 0.25) is 0 Å². The Balaban J connectivity index is 2.85. The topological polar surface area (TPSA) is 83.8 Å². The van der Waals surface area contributed by atoms with E-state index < -0.39 is 0 Å². The summed E-state index contributed by atoms with van der Waals surface area (Å²) in [6.07, 6.45) is 0. The third-order valence-electron chi connectivity index (χ3n) is 2.26. The van der Waals surface area contributed by atoms with Gasteiger partial charge in [0.15, 0.2) is 5.69 Å². The molecule has 0 aliphatic carbocycles. The van der Waals surface area contributed by atoms with E-state index in [9.17, 15) is 4.79 Å². The van der Waals surface area contributed by atoms with Crippen LogP contribution in [0.15, 0.2) is 4.47 Å². The average molecular weight is 289 g/mol. The number of amides is 1. The van der Waals surface area contributed by atoms with Gasteiger partial charge in [-0.25, -0.2) is 0 Å². The number of aromatic amines is 1. The number of rotatable bonds is 4. The van der Waals surface area contributed by atoms with Crippen LogP contribution in [-0.2, 0) is 0 Å². The first-order valence-electron chi connectivity index (χ1n) is 5.22. The van der Waals surface area contributed by atoms with E-state index in [2.05, 4.69) is 31.4 Å². The third-order valence-corrected chi connectivity index (χ3v) is 3.06. The van der Waals surface area contributed by atoms with Gasteiger partial charge in [0.2, 0.25) is 0 Å². The van der Waals surface area contributed by atoms with Gasteiger partial charge >= 0.3 is 0 Å². The zero-order chi connectivity index (χ0) is 12.3. The molecule has 1 rings (SSSR count). The van der Waals surface area contributed by atoms with E-state index in [1.54, 1.807) is 0 Å². The molecule has 0 unspecified atom stereocenters. The fourth-order valence-corrected chi connectivity index (χ4v) is 2.04. The molecule has 6 heteroatoms. The van der Waals surface area contributed by atoms with Gasteiger partial charge in [-0.3, -0.25) is 9.89 Å². The lowest BCUT2D eigenvalue weighted by Gasteiger charge is -2.09. The minimum atomic E-state index is -0.215. The Labute approximate surface area is 103 Å². The van der Waals surface area contributed by atoms with Crippen molar-refractivity contribution in [2.45, 2.75) is 32.7 Å². The van der Waals surface area contributed by atoms with Crippen molar-refractivity contribution in [1.82, 2.24) is 15.5 Å². The van der Waals surface area contributed by atoms with Crippen molar-refractivity contribution >= 4 is 21.8 Å². The van der Waals surface area contributed by atoms with E-state index in [-0.39, 0.29) is 17.9 Å². The SMILES string of the molecule is CC(C)c1[nH]nc(C(=O)N[C@@H](C)CN)c1Br. The maximum atomic E-state index is 11.8. The van der Waals surface area contributed by atoms with Crippen LogP contribution in [0.25, 0.3) is 0 Å². The van der Waals surface area contributed by atoms with Crippen LogP contribution in [0.4, 0.5) is 0 Å². The van der Waals surface area contributed by atoms with Gasteiger partial charge in [-0.15, -0.1) is 0 Å². The van der Waals surface area contributed by atoms with Crippen LogP contribution in [0.5, 0.6) is 0 Å². The number of halogens is 1. The molecule has 0 saturated carbocycles. The molecule has 0 aromatic carbocycles. The number of nitrogens with zero attached hydrogens (tertiary/aromatic N) is 1. The minimum absolute atomic E-state index is 0.0569. The monoisotopic (exact) mass is 288 g/mol. The number of hydrogen-bond acceptors (Lipinski definition) is 3. The van der Waals surface area contributed by atoms with E-state index in [4.69, 9.17) is 5.73 Å². The second kappa shape index (κ2) is 5.45. The van der Waals surface area contributed by atoms with E-state index >= 15 is 0 Å². The van der Waals surface area contributed by atoms with Crippen molar-refractivity contribution in [3.8, 4) is 0 Å². The Hall–Kier alpha value is -0.880. The number of nitrogens with two attached hydrogens (primary N) is 1. The van der Waals surface area contributed by atoms with E-state index in [1.807, 2.05) is 20.8 Å². The van der Waals surface area contributed by atoms with E-state index in [1.165, 1.54) is 0 Å². The molecule has 1 aromatic heterocycles. The average Bonchev–Trinajstić information content (AvgIpc) is 2.59. The first-order valence-corrected chi connectivity index (χ1v) is 6.01. The van der Waals surface area contributed by atoms with Crippen LogP contribution in [-0.4, -0.2) is 28.7 Å². The van der Waals surface area contributed by atoms with E-state index in [0.29, 0.717) is 12.2 Å². The van der Waals surface area contributed by atoms with Crippen molar-refractivity contribution in [2.75, 3.05) is 6.54 Å². The molecule has 1 atom stereocenters. The maximum absolute atomic E-state index is 11.8. The third kappa shape index (κ3) is 2.82. The van der Waals surface area contributed by atoms with Gasteiger partial charge in [0.05, 0.1) is 10.2 Å². The van der Waals surface area contributed by atoms with Crippen LogP contribution in [0.3, 0.4) is 0 Å². The summed E-state index contributed by atoms with van der Waals surface area (Å²) in [6, 6.07) is -0.0569. The van der Waals surface area contributed by atoms with Crippen molar-refractivity contribution < 1.29 is 4.79 Å². The molecule has 0 bridgehead atoms. The molecule has 0 aliphatic rings. The fourth-order valence-electron chi connectivity index (χ4n) is 1.23. The highest BCUT2D eigenvalue weighted by Gasteiger charge is 2.19. The van der Waals surface area contributed by atoms with Gasteiger partial charge in [0.1, 0.15) is 0 Å². The molecule has 5 nitrogen and oxygen atoms in total. The molecule has 1 heterocycles. The highest BCUT2D eigenvalue weighted by atomic mass is 79.9. The zero-order valence-electron chi connectivity index (χ0n) is 9.67. The van der Waals surface area contributed by atoms with Gasteiger partial charge < -0.3 is 11.1 Å². The molecule has 1 aromatic rings. The molecule has 0 radical (unpaired) electrons. The summed E-state index contributed by atoms with van der Waals surface area (Å²) < 4.78 is 0.726. The van der Waals surface area contributed by atoms with Crippen molar-refractivity contribution in [3.63, 3.8) is 0 Å². The maximum Gasteiger partial charge on any atom is 0.273 e.